The fourth-order valence-corrected chi connectivity index (χ4v) is 1.77. The molecule has 0 spiro atoms. The molecule has 0 aliphatic carbocycles. The molecule has 0 aromatic heterocycles. The Balaban J connectivity index is 3.08. The van der Waals surface area contributed by atoms with Gasteiger partial charge in [-0.3, -0.25) is 19.7 Å². The minimum absolute atomic E-state index is 0.0376. The van der Waals surface area contributed by atoms with Gasteiger partial charge in [0.25, 0.3) is 5.69 Å². The van der Waals surface area contributed by atoms with E-state index in [1.54, 1.807) is 6.07 Å². The van der Waals surface area contributed by atoms with Crippen LogP contribution in [-0.2, 0) is 9.59 Å². The number of hydrogen-bond acceptors (Lipinski definition) is 4. The molecule has 106 valence electrons. The summed E-state index contributed by atoms with van der Waals surface area (Å²) < 4.78 is 0. The third-order valence-corrected chi connectivity index (χ3v) is 2.88. The van der Waals surface area contributed by atoms with Gasteiger partial charge in [-0.1, -0.05) is 12.1 Å². The first-order chi connectivity index (χ1) is 9.45. The van der Waals surface area contributed by atoms with Crippen molar-refractivity contribution in [2.75, 3.05) is 5.88 Å². The number of ketones is 2. The molecule has 0 N–H and O–H groups in total. The highest BCUT2D eigenvalue weighted by atomic mass is 35.5. The van der Waals surface area contributed by atoms with E-state index >= 15 is 0 Å². The molecule has 6 heteroatoms. The van der Waals surface area contributed by atoms with Crippen molar-refractivity contribution in [1.29, 1.82) is 0 Å². The van der Waals surface area contributed by atoms with Gasteiger partial charge in [0.1, 0.15) is 0 Å². The number of carbonyl (C=O) groups excluding carboxylic acids is 2. The first-order valence-corrected chi connectivity index (χ1v) is 6.55. The highest BCUT2D eigenvalue weighted by Crippen LogP contribution is 2.17. The number of alkyl halides is 1. The molecule has 1 aromatic rings. The number of rotatable bonds is 7. The SMILES string of the molecule is CC(=O)C(=Cc1cccc([N+](=O)[O-])c1)C(=O)CCCCl. The summed E-state index contributed by atoms with van der Waals surface area (Å²) in [6.45, 7) is 1.29. The van der Waals surface area contributed by atoms with Crippen molar-refractivity contribution in [1.82, 2.24) is 0 Å². The average Bonchev–Trinajstić information content (AvgIpc) is 2.42. The van der Waals surface area contributed by atoms with Crippen molar-refractivity contribution in [3.05, 3.63) is 45.5 Å². The molecule has 0 aliphatic heterocycles. The summed E-state index contributed by atoms with van der Waals surface area (Å²) in [6, 6.07) is 5.77. The van der Waals surface area contributed by atoms with E-state index in [1.807, 2.05) is 0 Å². The highest BCUT2D eigenvalue weighted by Gasteiger charge is 2.14. The topological polar surface area (TPSA) is 77.3 Å². The van der Waals surface area contributed by atoms with Gasteiger partial charge in [-0.2, -0.15) is 0 Å². The number of allylic oxidation sites excluding steroid dienone is 1. The summed E-state index contributed by atoms with van der Waals surface area (Å²) in [5, 5.41) is 10.7. The van der Waals surface area contributed by atoms with Crippen molar-refractivity contribution >= 4 is 34.9 Å². The monoisotopic (exact) mass is 295 g/mol. The Hall–Kier alpha value is -2.01. The number of nitro benzene ring substituents is 1. The van der Waals surface area contributed by atoms with Gasteiger partial charge < -0.3 is 0 Å². The Labute approximate surface area is 121 Å². The molecule has 0 radical (unpaired) electrons. The Morgan fingerprint density at radius 2 is 2.10 bits per heavy atom. The number of nitrogens with zero attached hydrogens (tertiary/aromatic N) is 1. The maximum absolute atomic E-state index is 11.9. The lowest BCUT2D eigenvalue weighted by Crippen LogP contribution is -2.10. The van der Waals surface area contributed by atoms with Crippen LogP contribution in [0.4, 0.5) is 5.69 Å². The van der Waals surface area contributed by atoms with Crippen LogP contribution in [0, 0.1) is 10.1 Å². The lowest BCUT2D eigenvalue weighted by atomic mass is 10.0. The first kappa shape index (κ1) is 16.0. The highest BCUT2D eigenvalue weighted by molar-refractivity contribution is 6.23. The smallest absolute Gasteiger partial charge is 0.270 e. The number of halogens is 1. The molecule has 20 heavy (non-hydrogen) atoms. The van der Waals surface area contributed by atoms with Crippen molar-refractivity contribution in [3.63, 3.8) is 0 Å². The molecule has 0 saturated heterocycles. The zero-order valence-corrected chi connectivity index (χ0v) is 11.7. The fraction of sp³-hybridized carbons (Fsp3) is 0.286. The number of Topliss-reactive ketones (excluding diaryl/α,β-unsaturated/α-hetero) is 2. The molecule has 5 nitrogen and oxygen atoms in total. The molecule has 0 amide bonds. The summed E-state index contributed by atoms with van der Waals surface area (Å²) in [7, 11) is 0. The molecule has 1 aromatic carbocycles. The summed E-state index contributed by atoms with van der Waals surface area (Å²) in [5.74, 6) is -0.325. The van der Waals surface area contributed by atoms with Crippen molar-refractivity contribution in [2.45, 2.75) is 19.8 Å². The number of nitro groups is 1. The first-order valence-electron chi connectivity index (χ1n) is 6.02. The summed E-state index contributed by atoms with van der Waals surface area (Å²) in [5.41, 5.74) is 0.397. The van der Waals surface area contributed by atoms with Crippen LogP contribution in [0.2, 0.25) is 0 Å². The number of benzene rings is 1. The van der Waals surface area contributed by atoms with Crippen LogP contribution in [0.25, 0.3) is 6.08 Å². The molecule has 0 aliphatic rings. The Bertz CT molecular complexity index is 566. The molecule has 0 atom stereocenters. The second kappa shape index (κ2) is 7.55. The molecular weight excluding hydrogens is 282 g/mol. The summed E-state index contributed by atoms with van der Waals surface area (Å²) in [4.78, 5) is 33.6. The van der Waals surface area contributed by atoms with Crippen molar-refractivity contribution in [2.24, 2.45) is 0 Å². The number of non-ortho nitro benzene ring substituents is 1. The van der Waals surface area contributed by atoms with Crippen LogP contribution < -0.4 is 0 Å². The predicted octanol–water partition coefficient (Wildman–Crippen LogP) is 3.16. The Morgan fingerprint density at radius 3 is 2.65 bits per heavy atom. The van der Waals surface area contributed by atoms with E-state index in [0.717, 1.165) is 0 Å². The standard InChI is InChI=1S/C14H14ClNO4/c1-10(17)13(14(18)6-3-7-15)9-11-4-2-5-12(8-11)16(19)20/h2,4-5,8-9H,3,6-7H2,1H3. The van der Waals surface area contributed by atoms with E-state index in [9.17, 15) is 19.7 Å². The number of carbonyl (C=O) groups is 2. The van der Waals surface area contributed by atoms with Gasteiger partial charge in [-0.05, 0) is 25.0 Å². The van der Waals surface area contributed by atoms with E-state index in [0.29, 0.717) is 17.9 Å². The van der Waals surface area contributed by atoms with Crippen LogP contribution in [0.5, 0.6) is 0 Å². The average molecular weight is 296 g/mol. The third-order valence-electron chi connectivity index (χ3n) is 2.61. The molecule has 0 heterocycles. The second-order valence-corrected chi connectivity index (χ2v) is 4.56. The molecule has 1 rings (SSSR count). The minimum atomic E-state index is -0.528. The van der Waals surface area contributed by atoms with Crippen LogP contribution in [0.3, 0.4) is 0 Å². The minimum Gasteiger partial charge on any atom is -0.294 e. The van der Waals surface area contributed by atoms with Crippen molar-refractivity contribution in [3.8, 4) is 0 Å². The van der Waals surface area contributed by atoms with Gasteiger partial charge in [0, 0.05) is 24.4 Å². The molecule has 0 fully saturated rings. The molecule has 0 bridgehead atoms. The van der Waals surface area contributed by atoms with Gasteiger partial charge in [0.15, 0.2) is 11.6 Å². The van der Waals surface area contributed by atoms with E-state index < -0.39 is 4.92 Å². The van der Waals surface area contributed by atoms with Crippen LogP contribution in [-0.4, -0.2) is 22.4 Å². The normalized spacial score (nSPS) is 11.2. The Kier molecular flexibility index (Phi) is 6.06. The third kappa shape index (κ3) is 4.59. The quantitative estimate of drug-likeness (QED) is 0.193. The summed E-state index contributed by atoms with van der Waals surface area (Å²) >= 11 is 5.51. The van der Waals surface area contributed by atoms with Crippen molar-refractivity contribution < 1.29 is 14.5 Å². The summed E-state index contributed by atoms with van der Waals surface area (Å²) in [6.07, 6.45) is 2.05. The molecule has 0 unspecified atom stereocenters. The van der Waals surface area contributed by atoms with Gasteiger partial charge in [0.05, 0.1) is 10.5 Å². The van der Waals surface area contributed by atoms with Crippen LogP contribution in [0.1, 0.15) is 25.3 Å². The van der Waals surface area contributed by atoms with E-state index in [-0.39, 0.29) is 29.2 Å². The second-order valence-electron chi connectivity index (χ2n) is 4.18. The number of hydrogen-bond donors (Lipinski definition) is 0. The predicted molar refractivity (Wildman–Crippen MR) is 76.7 cm³/mol. The van der Waals surface area contributed by atoms with E-state index in [1.165, 1.54) is 31.2 Å². The molecular formula is C14H14ClNO4. The molecule has 0 saturated carbocycles. The maximum Gasteiger partial charge on any atom is 0.270 e. The lowest BCUT2D eigenvalue weighted by Gasteiger charge is -2.02. The largest absolute Gasteiger partial charge is 0.294 e. The lowest BCUT2D eigenvalue weighted by molar-refractivity contribution is -0.384. The zero-order valence-electron chi connectivity index (χ0n) is 11.0. The van der Waals surface area contributed by atoms with E-state index in [2.05, 4.69) is 0 Å². The fourth-order valence-electron chi connectivity index (χ4n) is 1.64. The van der Waals surface area contributed by atoms with Gasteiger partial charge >= 0.3 is 0 Å². The van der Waals surface area contributed by atoms with Gasteiger partial charge in [0.2, 0.25) is 0 Å². The van der Waals surface area contributed by atoms with Gasteiger partial charge in [-0.15, -0.1) is 11.6 Å². The Morgan fingerprint density at radius 1 is 1.40 bits per heavy atom. The van der Waals surface area contributed by atoms with Gasteiger partial charge in [-0.25, -0.2) is 0 Å². The van der Waals surface area contributed by atoms with Crippen LogP contribution in [0.15, 0.2) is 29.8 Å². The van der Waals surface area contributed by atoms with E-state index in [4.69, 9.17) is 11.6 Å². The maximum atomic E-state index is 11.9. The zero-order chi connectivity index (χ0) is 15.1. The van der Waals surface area contributed by atoms with Crippen LogP contribution >= 0.6 is 11.6 Å².